The lowest BCUT2D eigenvalue weighted by Gasteiger charge is -2.29. The number of nitrogens with one attached hydrogen (secondary N) is 3. The molecule has 0 saturated carbocycles. The minimum atomic E-state index is -0.369. The van der Waals surface area contributed by atoms with E-state index < -0.39 is 0 Å². The van der Waals surface area contributed by atoms with Crippen molar-refractivity contribution in [2.75, 3.05) is 44.6 Å². The molecule has 1 aliphatic rings. The van der Waals surface area contributed by atoms with Gasteiger partial charge in [-0.05, 0) is 44.3 Å². The maximum atomic E-state index is 12.3. The van der Waals surface area contributed by atoms with Crippen LogP contribution in [0.3, 0.4) is 0 Å². The number of morpholine rings is 1. The van der Waals surface area contributed by atoms with E-state index in [-0.39, 0.29) is 24.0 Å². The Morgan fingerprint density at radius 3 is 2.54 bits per heavy atom. The Labute approximate surface area is 155 Å². The second kappa shape index (κ2) is 10.3. The summed E-state index contributed by atoms with van der Waals surface area (Å²) >= 11 is 0. The normalized spacial score (nSPS) is 20.0. The lowest BCUT2D eigenvalue weighted by molar-refractivity contribution is -0.123. The summed E-state index contributed by atoms with van der Waals surface area (Å²) in [5.74, 6) is -0.236. The van der Waals surface area contributed by atoms with Gasteiger partial charge in [-0.25, -0.2) is 0 Å². The topological polar surface area (TPSA) is 82.7 Å². The highest BCUT2D eigenvalue weighted by molar-refractivity contribution is 5.97. The molecule has 26 heavy (non-hydrogen) atoms. The van der Waals surface area contributed by atoms with Crippen molar-refractivity contribution in [3.63, 3.8) is 0 Å². The maximum absolute atomic E-state index is 12.3. The first kappa shape index (κ1) is 20.4. The monoisotopic (exact) mass is 362 g/mol. The molecule has 1 aromatic carbocycles. The number of nitrogens with zero attached hydrogens (tertiary/aromatic N) is 1. The average molecular weight is 362 g/mol. The number of rotatable bonds is 8. The number of carbonyl (C=O) groups excluding carboxylic acids is 2. The summed E-state index contributed by atoms with van der Waals surface area (Å²) in [5, 5.41) is 8.94. The number of hydrogen-bond donors (Lipinski definition) is 3. The van der Waals surface area contributed by atoms with Crippen LogP contribution in [0, 0.1) is 0 Å². The summed E-state index contributed by atoms with van der Waals surface area (Å²) in [7, 11) is 0. The third-order valence-electron chi connectivity index (χ3n) is 4.62. The Balaban J connectivity index is 1.83. The van der Waals surface area contributed by atoms with Crippen molar-refractivity contribution >= 4 is 17.5 Å². The summed E-state index contributed by atoms with van der Waals surface area (Å²) < 4.78 is 5.49. The summed E-state index contributed by atoms with van der Waals surface area (Å²) in [6.45, 7) is 10.8. The quantitative estimate of drug-likeness (QED) is 0.644. The van der Waals surface area contributed by atoms with Crippen LogP contribution in [0.1, 0.15) is 31.1 Å². The smallest absolute Gasteiger partial charge is 0.251 e. The van der Waals surface area contributed by atoms with Gasteiger partial charge in [0.1, 0.15) is 6.04 Å². The van der Waals surface area contributed by atoms with E-state index in [2.05, 4.69) is 34.7 Å². The summed E-state index contributed by atoms with van der Waals surface area (Å²) in [5.41, 5.74) is 1.24. The third kappa shape index (κ3) is 5.79. The zero-order valence-corrected chi connectivity index (χ0v) is 15.9. The van der Waals surface area contributed by atoms with E-state index in [1.54, 1.807) is 24.3 Å². The van der Waals surface area contributed by atoms with Gasteiger partial charge in [-0.1, -0.05) is 13.8 Å². The fraction of sp³-hybridized carbons (Fsp3) is 0.579. The van der Waals surface area contributed by atoms with Crippen molar-refractivity contribution in [3.8, 4) is 0 Å². The Bertz CT molecular complexity index is 587. The van der Waals surface area contributed by atoms with Crippen LogP contribution in [-0.4, -0.2) is 68.2 Å². The Morgan fingerprint density at radius 1 is 1.23 bits per heavy atom. The molecule has 2 atom stereocenters. The molecular weight excluding hydrogens is 332 g/mol. The van der Waals surface area contributed by atoms with Crippen molar-refractivity contribution < 1.29 is 14.3 Å². The molecule has 0 aromatic heterocycles. The van der Waals surface area contributed by atoms with Crippen LogP contribution in [0.25, 0.3) is 0 Å². The summed E-state index contributed by atoms with van der Waals surface area (Å²) in [4.78, 5) is 26.8. The van der Waals surface area contributed by atoms with Crippen LogP contribution in [0.4, 0.5) is 5.69 Å². The van der Waals surface area contributed by atoms with Crippen molar-refractivity contribution in [1.82, 2.24) is 15.5 Å². The minimum absolute atomic E-state index is 0.106. The first-order valence-corrected chi connectivity index (χ1v) is 9.31. The van der Waals surface area contributed by atoms with Crippen molar-refractivity contribution in [1.29, 1.82) is 0 Å². The number of hydrogen-bond acceptors (Lipinski definition) is 5. The molecule has 0 spiro atoms. The highest BCUT2D eigenvalue weighted by Crippen LogP contribution is 2.12. The van der Waals surface area contributed by atoms with Gasteiger partial charge in [0, 0.05) is 30.9 Å². The van der Waals surface area contributed by atoms with Crippen LogP contribution in [0.5, 0.6) is 0 Å². The molecular formula is C19H30N4O3. The first-order chi connectivity index (χ1) is 12.5. The highest BCUT2D eigenvalue weighted by atomic mass is 16.5. The molecule has 0 unspecified atom stereocenters. The Hall–Kier alpha value is -1.96. The van der Waals surface area contributed by atoms with Crippen molar-refractivity contribution in [2.45, 2.75) is 32.9 Å². The van der Waals surface area contributed by atoms with Crippen molar-refractivity contribution in [2.24, 2.45) is 0 Å². The lowest BCUT2D eigenvalue weighted by Crippen LogP contribution is -2.53. The van der Waals surface area contributed by atoms with Gasteiger partial charge >= 0.3 is 0 Å². The summed E-state index contributed by atoms with van der Waals surface area (Å²) in [6, 6.07) is 6.55. The van der Waals surface area contributed by atoms with Crippen LogP contribution in [0.2, 0.25) is 0 Å². The van der Waals surface area contributed by atoms with Gasteiger partial charge in [0.25, 0.3) is 5.91 Å². The van der Waals surface area contributed by atoms with Crippen LogP contribution >= 0.6 is 0 Å². The Kier molecular flexibility index (Phi) is 8.03. The lowest BCUT2D eigenvalue weighted by atomic mass is 10.1. The van der Waals surface area contributed by atoms with E-state index in [4.69, 9.17) is 4.74 Å². The fourth-order valence-electron chi connectivity index (χ4n) is 2.92. The Morgan fingerprint density at radius 2 is 1.92 bits per heavy atom. The van der Waals surface area contributed by atoms with E-state index in [0.29, 0.717) is 30.9 Å². The molecule has 1 saturated heterocycles. The molecule has 1 aromatic rings. The molecule has 144 valence electrons. The zero-order valence-electron chi connectivity index (χ0n) is 15.9. The van der Waals surface area contributed by atoms with E-state index in [1.807, 2.05) is 6.92 Å². The molecule has 0 aliphatic carbocycles. The van der Waals surface area contributed by atoms with Gasteiger partial charge in [0.2, 0.25) is 5.91 Å². The van der Waals surface area contributed by atoms with Crippen molar-refractivity contribution in [3.05, 3.63) is 29.8 Å². The third-order valence-corrected chi connectivity index (χ3v) is 4.62. The van der Waals surface area contributed by atoms with Gasteiger partial charge < -0.3 is 25.6 Å². The number of ether oxygens (including phenoxy) is 1. The number of carbonyl (C=O) groups is 2. The number of amides is 2. The molecule has 0 bridgehead atoms. The van der Waals surface area contributed by atoms with Gasteiger partial charge in [-0.15, -0.1) is 0 Å². The largest absolute Gasteiger partial charge is 0.375 e. The molecule has 0 radical (unpaired) electrons. The fourth-order valence-corrected chi connectivity index (χ4v) is 2.92. The maximum Gasteiger partial charge on any atom is 0.251 e. The molecule has 2 rings (SSSR count). The standard InChI is InChI=1S/C19H30N4O3/c1-4-23(5-2)12-10-21-18(24)15-6-8-16(9-7-15)22-19(25)17-14(3)26-13-11-20-17/h6-9,14,17,20H,4-5,10-13H2,1-3H3,(H,21,24)(H,22,25)/t14-,17+/m1/s1. The number of likely N-dealkylation sites (N-methyl/N-ethyl adjacent to an activating group) is 1. The molecule has 7 nitrogen and oxygen atoms in total. The van der Waals surface area contributed by atoms with Crippen LogP contribution in [0.15, 0.2) is 24.3 Å². The molecule has 7 heteroatoms. The molecule has 2 amide bonds. The van der Waals surface area contributed by atoms with E-state index in [0.717, 1.165) is 19.6 Å². The predicted molar refractivity (Wildman–Crippen MR) is 102 cm³/mol. The van der Waals surface area contributed by atoms with Gasteiger partial charge in [0.05, 0.1) is 12.7 Å². The average Bonchev–Trinajstić information content (AvgIpc) is 2.66. The summed E-state index contributed by atoms with van der Waals surface area (Å²) in [6.07, 6.45) is -0.167. The second-order valence-electron chi connectivity index (χ2n) is 6.36. The van der Waals surface area contributed by atoms with Gasteiger partial charge in [0.15, 0.2) is 0 Å². The van der Waals surface area contributed by atoms with Gasteiger partial charge in [-0.3, -0.25) is 9.59 Å². The molecule has 3 N–H and O–H groups in total. The predicted octanol–water partition coefficient (Wildman–Crippen LogP) is 1.07. The molecule has 1 aliphatic heterocycles. The van der Waals surface area contributed by atoms with E-state index >= 15 is 0 Å². The van der Waals surface area contributed by atoms with E-state index in [9.17, 15) is 9.59 Å². The SMILES string of the molecule is CCN(CC)CCNC(=O)c1ccc(NC(=O)[C@H]2NCCO[C@@H]2C)cc1. The zero-order chi connectivity index (χ0) is 18.9. The van der Waals surface area contributed by atoms with Crippen LogP contribution < -0.4 is 16.0 Å². The van der Waals surface area contributed by atoms with Crippen LogP contribution in [-0.2, 0) is 9.53 Å². The number of benzene rings is 1. The minimum Gasteiger partial charge on any atom is -0.375 e. The molecule has 1 heterocycles. The van der Waals surface area contributed by atoms with Gasteiger partial charge in [-0.2, -0.15) is 0 Å². The van der Waals surface area contributed by atoms with E-state index in [1.165, 1.54) is 0 Å². The molecule has 1 fully saturated rings. The highest BCUT2D eigenvalue weighted by Gasteiger charge is 2.28. The first-order valence-electron chi connectivity index (χ1n) is 9.31. The number of anilines is 1. The second-order valence-corrected chi connectivity index (χ2v) is 6.36.